The summed E-state index contributed by atoms with van der Waals surface area (Å²) >= 11 is 15.4. The molecule has 4 aromatic rings. The van der Waals surface area contributed by atoms with Crippen molar-refractivity contribution in [2.75, 3.05) is 0 Å². The normalized spacial score (nSPS) is 11.5. The number of thioether (sulfide) groups is 1. The van der Waals surface area contributed by atoms with E-state index >= 15 is 0 Å². The highest BCUT2D eigenvalue weighted by Crippen LogP contribution is 2.28. The van der Waals surface area contributed by atoms with Gasteiger partial charge >= 0.3 is 0 Å². The molecule has 28 heavy (non-hydrogen) atoms. The van der Waals surface area contributed by atoms with Crippen molar-refractivity contribution >= 4 is 57.5 Å². The summed E-state index contributed by atoms with van der Waals surface area (Å²) < 4.78 is 2.01. The van der Waals surface area contributed by atoms with Crippen molar-refractivity contribution in [2.24, 2.45) is 5.16 Å². The molecule has 2 heterocycles. The van der Waals surface area contributed by atoms with Gasteiger partial charge in [-0.1, -0.05) is 76.5 Å². The molecule has 0 saturated carbocycles. The molecular weight excluding hydrogens is 433 g/mol. The number of rotatable bonds is 7. The first kappa shape index (κ1) is 19.3. The minimum absolute atomic E-state index is 0.268. The molecule has 0 saturated heterocycles. The quantitative estimate of drug-likeness (QED) is 0.183. The van der Waals surface area contributed by atoms with Gasteiger partial charge in [0.05, 0.1) is 6.21 Å². The largest absolute Gasteiger partial charge is 0.391 e. The van der Waals surface area contributed by atoms with E-state index in [2.05, 4.69) is 17.3 Å². The average molecular weight is 448 g/mol. The van der Waals surface area contributed by atoms with Gasteiger partial charge in [0.15, 0.2) is 4.96 Å². The van der Waals surface area contributed by atoms with Crippen LogP contribution in [0.25, 0.3) is 4.96 Å². The van der Waals surface area contributed by atoms with Gasteiger partial charge in [0.1, 0.15) is 17.3 Å². The Hall–Kier alpha value is -1.99. The van der Waals surface area contributed by atoms with Gasteiger partial charge < -0.3 is 4.84 Å². The summed E-state index contributed by atoms with van der Waals surface area (Å²) in [5.41, 5.74) is 2.98. The molecule has 0 unspecified atom stereocenters. The van der Waals surface area contributed by atoms with Gasteiger partial charge in [-0.15, -0.1) is 11.3 Å². The fourth-order valence-corrected chi connectivity index (χ4v) is 4.75. The fraction of sp³-hybridized carbons (Fsp3) is 0.100. The molecule has 0 bridgehead atoms. The summed E-state index contributed by atoms with van der Waals surface area (Å²) in [6.07, 6.45) is 3.68. The van der Waals surface area contributed by atoms with Crippen LogP contribution in [0.2, 0.25) is 10.0 Å². The third-order valence-electron chi connectivity index (χ3n) is 3.97. The first-order chi connectivity index (χ1) is 13.7. The Morgan fingerprint density at radius 2 is 2.04 bits per heavy atom. The van der Waals surface area contributed by atoms with Crippen LogP contribution in [0.5, 0.6) is 0 Å². The number of benzene rings is 2. The van der Waals surface area contributed by atoms with E-state index in [0.29, 0.717) is 10.0 Å². The van der Waals surface area contributed by atoms with E-state index in [4.69, 9.17) is 33.0 Å². The van der Waals surface area contributed by atoms with E-state index in [9.17, 15) is 0 Å². The van der Waals surface area contributed by atoms with Crippen LogP contribution in [0.3, 0.4) is 0 Å². The van der Waals surface area contributed by atoms with Crippen LogP contribution in [-0.4, -0.2) is 15.6 Å². The Bertz CT molecular complexity index is 1110. The van der Waals surface area contributed by atoms with Crippen LogP contribution in [0.4, 0.5) is 0 Å². The molecule has 142 valence electrons. The Balaban J connectivity index is 1.47. The van der Waals surface area contributed by atoms with Gasteiger partial charge in [-0.3, -0.25) is 4.40 Å². The molecule has 0 fully saturated rings. The van der Waals surface area contributed by atoms with Gasteiger partial charge in [0.2, 0.25) is 0 Å². The number of halogens is 2. The molecule has 0 aliphatic rings. The topological polar surface area (TPSA) is 38.9 Å². The molecule has 2 aromatic heterocycles. The van der Waals surface area contributed by atoms with Crippen molar-refractivity contribution in [1.82, 2.24) is 9.38 Å². The average Bonchev–Trinajstić information content (AvgIpc) is 3.27. The van der Waals surface area contributed by atoms with Crippen LogP contribution >= 0.6 is 46.3 Å². The summed E-state index contributed by atoms with van der Waals surface area (Å²) in [7, 11) is 0. The minimum Gasteiger partial charge on any atom is -0.391 e. The summed E-state index contributed by atoms with van der Waals surface area (Å²) in [5, 5.41) is 8.21. The van der Waals surface area contributed by atoms with Crippen molar-refractivity contribution in [1.29, 1.82) is 0 Å². The second-order valence-corrected chi connectivity index (χ2v) is 8.56. The van der Waals surface area contributed by atoms with Crippen LogP contribution in [0.15, 0.2) is 70.3 Å². The number of thiazole rings is 1. The summed E-state index contributed by atoms with van der Waals surface area (Å²) in [5.74, 6) is 0.841. The van der Waals surface area contributed by atoms with Crippen molar-refractivity contribution in [3.8, 4) is 0 Å². The molecular formula is C20H15Cl2N3OS2. The van der Waals surface area contributed by atoms with Gasteiger partial charge in [0.25, 0.3) is 0 Å². The predicted octanol–water partition coefficient (Wildman–Crippen LogP) is 6.55. The Kier molecular flexibility index (Phi) is 6.22. The Morgan fingerprint density at radius 3 is 2.86 bits per heavy atom. The highest BCUT2D eigenvalue weighted by atomic mass is 35.5. The fourth-order valence-electron chi connectivity index (χ4n) is 2.57. The minimum atomic E-state index is 0.268. The first-order valence-electron chi connectivity index (χ1n) is 8.42. The number of hydrogen-bond acceptors (Lipinski definition) is 5. The second kappa shape index (κ2) is 9.01. The molecule has 0 aliphatic heterocycles. The van der Waals surface area contributed by atoms with Gasteiger partial charge in [-0.05, 0) is 17.7 Å². The van der Waals surface area contributed by atoms with E-state index < -0.39 is 0 Å². The lowest BCUT2D eigenvalue weighted by molar-refractivity contribution is 0.132. The molecule has 0 amide bonds. The van der Waals surface area contributed by atoms with E-state index in [1.54, 1.807) is 41.4 Å². The summed E-state index contributed by atoms with van der Waals surface area (Å²) in [4.78, 5) is 11.1. The lowest BCUT2D eigenvalue weighted by Crippen LogP contribution is -1.93. The molecule has 4 rings (SSSR count). The van der Waals surface area contributed by atoms with Crippen LogP contribution in [0.1, 0.15) is 16.8 Å². The predicted molar refractivity (Wildman–Crippen MR) is 118 cm³/mol. The standard InChI is InChI=1S/C20H15Cl2N3OS2/c21-16-7-6-15(17(22)10-16)12-26-23-11-18-19(24-20-25(18)8-9-27-20)28-13-14-4-2-1-3-5-14/h1-11H,12-13H2. The third kappa shape index (κ3) is 4.52. The van der Waals surface area contributed by atoms with E-state index in [1.165, 1.54) is 5.56 Å². The monoisotopic (exact) mass is 447 g/mol. The van der Waals surface area contributed by atoms with Gasteiger partial charge in [-0.25, -0.2) is 4.98 Å². The SMILES string of the molecule is Clc1ccc(CON=Cc2c(SCc3ccccc3)nc3sccn23)c(Cl)c1. The lowest BCUT2D eigenvalue weighted by atomic mass is 10.2. The van der Waals surface area contributed by atoms with Gasteiger partial charge in [0, 0.05) is 32.9 Å². The Labute approximate surface area is 180 Å². The molecule has 8 heteroatoms. The molecule has 4 nitrogen and oxygen atoms in total. The lowest BCUT2D eigenvalue weighted by Gasteiger charge is -2.03. The second-order valence-electron chi connectivity index (χ2n) is 5.88. The maximum Gasteiger partial charge on any atom is 0.195 e. The summed E-state index contributed by atoms with van der Waals surface area (Å²) in [6, 6.07) is 15.6. The van der Waals surface area contributed by atoms with E-state index in [-0.39, 0.29) is 6.61 Å². The van der Waals surface area contributed by atoms with Crippen LogP contribution in [0, 0.1) is 0 Å². The number of nitrogens with zero attached hydrogens (tertiary/aromatic N) is 3. The highest BCUT2D eigenvalue weighted by molar-refractivity contribution is 7.98. The Morgan fingerprint density at radius 1 is 1.18 bits per heavy atom. The van der Waals surface area contributed by atoms with Crippen molar-refractivity contribution < 1.29 is 4.84 Å². The molecule has 2 aromatic carbocycles. The van der Waals surface area contributed by atoms with Crippen molar-refractivity contribution in [3.63, 3.8) is 0 Å². The highest BCUT2D eigenvalue weighted by Gasteiger charge is 2.12. The maximum atomic E-state index is 6.16. The molecule has 0 N–H and O–H groups in total. The molecule has 0 atom stereocenters. The summed E-state index contributed by atoms with van der Waals surface area (Å²) in [6.45, 7) is 0.268. The van der Waals surface area contributed by atoms with Crippen molar-refractivity contribution in [3.05, 3.63) is 87.0 Å². The molecule has 0 radical (unpaired) electrons. The zero-order chi connectivity index (χ0) is 19.3. The smallest absolute Gasteiger partial charge is 0.195 e. The zero-order valence-electron chi connectivity index (χ0n) is 14.6. The third-order valence-corrected chi connectivity index (χ3v) is 6.36. The maximum absolute atomic E-state index is 6.16. The first-order valence-corrected chi connectivity index (χ1v) is 11.0. The number of fused-ring (bicyclic) bond motifs is 1. The van der Waals surface area contributed by atoms with Crippen molar-refractivity contribution in [2.45, 2.75) is 17.4 Å². The van der Waals surface area contributed by atoms with E-state index in [1.807, 2.05) is 40.2 Å². The van der Waals surface area contributed by atoms with Gasteiger partial charge in [-0.2, -0.15) is 0 Å². The van der Waals surface area contributed by atoms with Crippen LogP contribution in [-0.2, 0) is 17.2 Å². The number of hydrogen-bond donors (Lipinski definition) is 0. The van der Waals surface area contributed by atoms with E-state index in [0.717, 1.165) is 27.0 Å². The molecule has 0 aliphatic carbocycles. The number of imidazole rings is 1. The molecule has 0 spiro atoms. The zero-order valence-corrected chi connectivity index (χ0v) is 17.7. The van der Waals surface area contributed by atoms with Crippen LogP contribution < -0.4 is 0 Å². The number of aromatic nitrogens is 2. The number of oxime groups is 1.